The predicted molar refractivity (Wildman–Crippen MR) is 114 cm³/mol. The number of aliphatic hydroxyl groups excluding tert-OH is 1. The van der Waals surface area contributed by atoms with Crippen LogP contribution >= 0.6 is 0 Å². The van der Waals surface area contributed by atoms with Gasteiger partial charge < -0.3 is 14.9 Å². The van der Waals surface area contributed by atoms with Gasteiger partial charge in [0, 0.05) is 42.8 Å². The van der Waals surface area contributed by atoms with E-state index in [9.17, 15) is 14.7 Å². The molecule has 156 valence electrons. The number of amides is 2. The van der Waals surface area contributed by atoms with Crippen LogP contribution in [0.4, 0.5) is 0 Å². The monoisotopic (exact) mass is 414 g/mol. The summed E-state index contributed by atoms with van der Waals surface area (Å²) in [6.45, 7) is 0.370. The number of hydrogen-bond donors (Lipinski definition) is 1. The van der Waals surface area contributed by atoms with Gasteiger partial charge in [-0.3, -0.25) is 19.6 Å². The molecule has 0 unspecified atom stereocenters. The van der Waals surface area contributed by atoms with Crippen LogP contribution in [0, 0.1) is 0 Å². The Kier molecular flexibility index (Phi) is 4.95. The molecule has 1 N–H and O–H groups in total. The Bertz CT molecular complexity index is 1090. The molecule has 0 aliphatic carbocycles. The molecule has 2 aliphatic heterocycles. The second kappa shape index (κ2) is 7.92. The summed E-state index contributed by atoms with van der Waals surface area (Å²) < 4.78 is 0. The Morgan fingerprint density at radius 3 is 2.45 bits per heavy atom. The highest BCUT2D eigenvalue weighted by atomic mass is 16.3. The zero-order valence-electron chi connectivity index (χ0n) is 16.8. The van der Waals surface area contributed by atoms with Crippen LogP contribution in [0.3, 0.4) is 0 Å². The summed E-state index contributed by atoms with van der Waals surface area (Å²) in [7, 11) is 0. The smallest absolute Gasteiger partial charge is 0.254 e. The van der Waals surface area contributed by atoms with Crippen LogP contribution in [0.1, 0.15) is 21.8 Å². The summed E-state index contributed by atoms with van der Waals surface area (Å²) in [4.78, 5) is 37.1. The fourth-order valence-electron chi connectivity index (χ4n) is 4.76. The van der Waals surface area contributed by atoms with Crippen LogP contribution in [-0.4, -0.2) is 68.5 Å². The fourth-order valence-corrected chi connectivity index (χ4v) is 4.76. The second-order valence-electron chi connectivity index (χ2n) is 7.93. The minimum Gasteiger partial charge on any atom is -0.394 e. The Morgan fingerprint density at radius 2 is 1.77 bits per heavy atom. The lowest BCUT2D eigenvalue weighted by molar-refractivity contribution is -0.159. The van der Waals surface area contributed by atoms with Gasteiger partial charge in [0.05, 0.1) is 18.7 Å². The quantitative estimate of drug-likeness (QED) is 0.705. The van der Waals surface area contributed by atoms with Crippen LogP contribution in [-0.2, 0) is 4.79 Å². The van der Waals surface area contributed by atoms with E-state index in [2.05, 4.69) is 9.97 Å². The third-order valence-corrected chi connectivity index (χ3v) is 6.26. The van der Waals surface area contributed by atoms with Crippen LogP contribution in [0.2, 0.25) is 0 Å². The van der Waals surface area contributed by atoms with Crippen molar-refractivity contribution in [3.63, 3.8) is 0 Å². The van der Waals surface area contributed by atoms with Gasteiger partial charge in [0.25, 0.3) is 5.91 Å². The van der Waals surface area contributed by atoms with Gasteiger partial charge in [-0.1, -0.05) is 30.3 Å². The molecular formula is C24H22N4O3. The molecule has 31 heavy (non-hydrogen) atoms. The van der Waals surface area contributed by atoms with Crippen LogP contribution < -0.4 is 0 Å². The highest BCUT2D eigenvalue weighted by Gasteiger charge is 2.54. The summed E-state index contributed by atoms with van der Waals surface area (Å²) in [5.74, 6) is -0.320. The third kappa shape index (κ3) is 3.37. The Labute approximate surface area is 180 Å². The summed E-state index contributed by atoms with van der Waals surface area (Å²) in [6, 6.07) is 15.0. The number of piperazine rings is 1. The normalized spacial score (nSPS) is 22.6. The van der Waals surface area contributed by atoms with Gasteiger partial charge in [-0.25, -0.2) is 0 Å². The summed E-state index contributed by atoms with van der Waals surface area (Å²) in [5.41, 5.74) is 3.67. The first-order valence-corrected chi connectivity index (χ1v) is 10.3. The number of rotatable bonds is 4. The van der Waals surface area contributed by atoms with Crippen molar-refractivity contribution in [2.24, 2.45) is 0 Å². The first-order chi connectivity index (χ1) is 15.2. The zero-order valence-corrected chi connectivity index (χ0v) is 16.8. The molecule has 2 amide bonds. The minimum absolute atomic E-state index is 0.0232. The summed E-state index contributed by atoms with van der Waals surface area (Å²) in [5, 5.41) is 9.97. The van der Waals surface area contributed by atoms with E-state index < -0.39 is 0 Å². The first-order valence-electron chi connectivity index (χ1n) is 10.3. The van der Waals surface area contributed by atoms with E-state index in [1.54, 1.807) is 40.5 Å². The maximum atomic E-state index is 12.9. The lowest BCUT2D eigenvalue weighted by Gasteiger charge is -2.58. The van der Waals surface area contributed by atoms with E-state index in [1.165, 1.54) is 0 Å². The van der Waals surface area contributed by atoms with Crippen molar-refractivity contribution >= 4 is 11.8 Å². The molecule has 3 atom stereocenters. The van der Waals surface area contributed by atoms with Gasteiger partial charge >= 0.3 is 0 Å². The van der Waals surface area contributed by atoms with Crippen LogP contribution in [0.25, 0.3) is 11.1 Å². The highest BCUT2D eigenvalue weighted by molar-refractivity contribution is 5.97. The number of benzene rings is 1. The number of carbonyl (C=O) groups is 2. The van der Waals surface area contributed by atoms with Crippen molar-refractivity contribution in [2.45, 2.75) is 18.0 Å². The van der Waals surface area contributed by atoms with E-state index in [0.29, 0.717) is 12.1 Å². The molecule has 0 radical (unpaired) electrons. The number of fused-ring (bicyclic) bond motifs is 1. The van der Waals surface area contributed by atoms with Crippen molar-refractivity contribution in [1.82, 2.24) is 19.8 Å². The largest absolute Gasteiger partial charge is 0.394 e. The zero-order chi connectivity index (χ0) is 21.4. The molecule has 2 saturated heterocycles. The van der Waals surface area contributed by atoms with Gasteiger partial charge in [0.1, 0.15) is 6.54 Å². The SMILES string of the molecule is O=C(c1ccncc1)N1CC(=O)N2[C@H](C1)[C@H](c1ccc(-c3cccnc3)cc1)[C@@H]2CO. The molecule has 0 spiro atoms. The lowest BCUT2D eigenvalue weighted by atomic mass is 9.73. The van der Waals surface area contributed by atoms with Crippen molar-refractivity contribution in [3.05, 3.63) is 84.4 Å². The maximum absolute atomic E-state index is 12.9. The van der Waals surface area contributed by atoms with Gasteiger partial charge in [0.2, 0.25) is 5.91 Å². The van der Waals surface area contributed by atoms with E-state index in [0.717, 1.165) is 16.7 Å². The number of hydrogen-bond acceptors (Lipinski definition) is 5. The number of nitrogens with zero attached hydrogens (tertiary/aromatic N) is 4. The molecular weight excluding hydrogens is 392 g/mol. The van der Waals surface area contributed by atoms with Crippen molar-refractivity contribution < 1.29 is 14.7 Å². The Balaban J connectivity index is 1.39. The first kappa shape index (κ1) is 19.4. The molecule has 1 aromatic carbocycles. The van der Waals surface area contributed by atoms with Crippen LogP contribution in [0.5, 0.6) is 0 Å². The Hall–Kier alpha value is -3.58. The molecule has 2 aromatic heterocycles. The van der Waals surface area contributed by atoms with Gasteiger partial charge in [0.15, 0.2) is 0 Å². The molecule has 0 bridgehead atoms. The van der Waals surface area contributed by atoms with Crippen molar-refractivity contribution in [3.8, 4) is 11.1 Å². The predicted octanol–water partition coefficient (Wildman–Crippen LogP) is 1.95. The second-order valence-corrected chi connectivity index (χ2v) is 7.93. The van der Waals surface area contributed by atoms with Crippen molar-refractivity contribution in [2.75, 3.05) is 19.7 Å². The Morgan fingerprint density at radius 1 is 1.00 bits per heavy atom. The molecule has 4 heterocycles. The summed E-state index contributed by atoms with van der Waals surface area (Å²) >= 11 is 0. The summed E-state index contributed by atoms with van der Waals surface area (Å²) in [6.07, 6.45) is 6.71. The molecule has 2 aliphatic rings. The number of aliphatic hydroxyl groups is 1. The third-order valence-electron chi connectivity index (χ3n) is 6.26. The average Bonchev–Trinajstić information content (AvgIpc) is 2.81. The average molecular weight is 414 g/mol. The number of aromatic nitrogens is 2. The van der Waals surface area contributed by atoms with E-state index >= 15 is 0 Å². The topological polar surface area (TPSA) is 86.6 Å². The maximum Gasteiger partial charge on any atom is 0.254 e. The molecule has 7 heteroatoms. The molecule has 5 rings (SSSR count). The van der Waals surface area contributed by atoms with Crippen LogP contribution in [0.15, 0.2) is 73.3 Å². The standard InChI is InChI=1S/C24H22N4O3/c29-15-21-23(17-5-3-16(4-6-17)19-2-1-9-26-12-19)20-13-27(14-22(30)28(20)21)24(31)18-7-10-25-11-8-18/h1-12,20-21,23,29H,13-15H2/t20-,21+,23+/m1/s1. The molecule has 3 aromatic rings. The minimum atomic E-state index is -0.264. The molecule has 0 saturated carbocycles. The highest BCUT2D eigenvalue weighted by Crippen LogP contribution is 2.43. The van der Waals surface area contributed by atoms with E-state index in [4.69, 9.17) is 0 Å². The van der Waals surface area contributed by atoms with E-state index in [-0.39, 0.29) is 43.0 Å². The van der Waals surface area contributed by atoms with Gasteiger partial charge in [-0.2, -0.15) is 0 Å². The fraction of sp³-hybridized carbons (Fsp3) is 0.250. The number of carbonyl (C=O) groups excluding carboxylic acids is 2. The molecule has 2 fully saturated rings. The number of pyridine rings is 2. The lowest BCUT2D eigenvalue weighted by Crippen LogP contribution is -2.73. The van der Waals surface area contributed by atoms with Crippen molar-refractivity contribution in [1.29, 1.82) is 0 Å². The van der Waals surface area contributed by atoms with Gasteiger partial charge in [-0.05, 0) is 34.9 Å². The molecule has 7 nitrogen and oxygen atoms in total. The van der Waals surface area contributed by atoms with Gasteiger partial charge in [-0.15, -0.1) is 0 Å². The van der Waals surface area contributed by atoms with E-state index in [1.807, 2.05) is 42.6 Å².